The predicted octanol–water partition coefficient (Wildman–Crippen LogP) is 2.66. The summed E-state index contributed by atoms with van der Waals surface area (Å²) in [7, 11) is 0. The molecule has 0 amide bonds. The van der Waals surface area contributed by atoms with Gasteiger partial charge in [-0.15, -0.1) is 24.0 Å². The highest BCUT2D eigenvalue weighted by molar-refractivity contribution is 14.0. The van der Waals surface area contributed by atoms with Crippen molar-refractivity contribution >= 4 is 29.9 Å². The molecular weight excluding hydrogens is 445 g/mol. The number of hydrogen-bond acceptors (Lipinski definition) is 4. The van der Waals surface area contributed by atoms with E-state index in [0.717, 1.165) is 25.3 Å². The Bertz CT molecular complexity index is 472. The lowest BCUT2D eigenvalue weighted by Gasteiger charge is -2.14. The first-order chi connectivity index (χ1) is 12.1. The SMILES string of the molecule is CCNC(=NCC(O)COCC(C)C)NCCCOc1ccccc1.I. The average molecular weight is 479 g/mol. The quantitative estimate of drug-likeness (QED) is 0.186. The molecule has 0 saturated heterocycles. The summed E-state index contributed by atoms with van der Waals surface area (Å²) in [5.74, 6) is 2.05. The minimum Gasteiger partial charge on any atom is -0.494 e. The molecule has 150 valence electrons. The minimum absolute atomic E-state index is 0. The third-order valence-electron chi connectivity index (χ3n) is 3.19. The van der Waals surface area contributed by atoms with Crippen molar-refractivity contribution in [1.82, 2.24) is 10.6 Å². The molecule has 0 aromatic heterocycles. The number of aliphatic imine (C=N–C) groups is 1. The molecule has 0 fully saturated rings. The fourth-order valence-corrected chi connectivity index (χ4v) is 2.02. The largest absolute Gasteiger partial charge is 0.494 e. The van der Waals surface area contributed by atoms with Crippen molar-refractivity contribution in [3.8, 4) is 5.75 Å². The van der Waals surface area contributed by atoms with Gasteiger partial charge in [-0.3, -0.25) is 4.99 Å². The average Bonchev–Trinajstić information content (AvgIpc) is 2.60. The summed E-state index contributed by atoms with van der Waals surface area (Å²) in [4.78, 5) is 4.39. The van der Waals surface area contributed by atoms with Crippen LogP contribution in [0.5, 0.6) is 5.75 Å². The van der Waals surface area contributed by atoms with Gasteiger partial charge in [-0.25, -0.2) is 0 Å². The zero-order valence-electron chi connectivity index (χ0n) is 16.1. The van der Waals surface area contributed by atoms with Gasteiger partial charge in [0.1, 0.15) is 5.75 Å². The smallest absolute Gasteiger partial charge is 0.191 e. The van der Waals surface area contributed by atoms with E-state index in [1.54, 1.807) is 0 Å². The van der Waals surface area contributed by atoms with Crippen molar-refractivity contribution in [2.45, 2.75) is 33.3 Å². The van der Waals surface area contributed by atoms with Crippen LogP contribution in [-0.2, 0) is 4.74 Å². The topological polar surface area (TPSA) is 75.1 Å². The van der Waals surface area contributed by atoms with Gasteiger partial charge in [0.05, 0.1) is 25.9 Å². The van der Waals surface area contributed by atoms with Gasteiger partial charge in [-0.05, 0) is 31.4 Å². The number of para-hydroxylation sites is 1. The molecule has 0 aliphatic heterocycles. The van der Waals surface area contributed by atoms with Crippen LogP contribution >= 0.6 is 24.0 Å². The summed E-state index contributed by atoms with van der Waals surface area (Å²) < 4.78 is 11.1. The molecule has 1 aromatic carbocycles. The second kappa shape index (κ2) is 16.1. The molecule has 0 spiro atoms. The summed E-state index contributed by atoms with van der Waals surface area (Å²) in [6.07, 6.45) is 0.273. The monoisotopic (exact) mass is 479 g/mol. The highest BCUT2D eigenvalue weighted by Gasteiger charge is 2.05. The number of benzene rings is 1. The van der Waals surface area contributed by atoms with Crippen LogP contribution < -0.4 is 15.4 Å². The summed E-state index contributed by atoms with van der Waals surface area (Å²) in [5, 5.41) is 16.3. The first-order valence-corrected chi connectivity index (χ1v) is 9.07. The van der Waals surface area contributed by atoms with Crippen molar-refractivity contribution < 1.29 is 14.6 Å². The van der Waals surface area contributed by atoms with Gasteiger partial charge in [-0.1, -0.05) is 32.0 Å². The van der Waals surface area contributed by atoms with E-state index in [2.05, 4.69) is 29.5 Å². The van der Waals surface area contributed by atoms with E-state index in [4.69, 9.17) is 9.47 Å². The van der Waals surface area contributed by atoms with E-state index in [0.29, 0.717) is 38.2 Å². The van der Waals surface area contributed by atoms with Crippen molar-refractivity contribution in [3.63, 3.8) is 0 Å². The molecule has 0 bridgehead atoms. The third kappa shape index (κ3) is 13.2. The number of guanidine groups is 1. The molecule has 0 saturated carbocycles. The molecular formula is C19H34IN3O3. The molecule has 0 heterocycles. The Labute approximate surface area is 174 Å². The Morgan fingerprint density at radius 3 is 2.54 bits per heavy atom. The first kappa shape index (κ1) is 24.9. The van der Waals surface area contributed by atoms with Gasteiger partial charge >= 0.3 is 0 Å². The van der Waals surface area contributed by atoms with Crippen LogP contribution in [-0.4, -0.2) is 56.6 Å². The fourth-order valence-electron chi connectivity index (χ4n) is 2.02. The highest BCUT2D eigenvalue weighted by Crippen LogP contribution is 2.07. The van der Waals surface area contributed by atoms with Crippen LogP contribution in [0.25, 0.3) is 0 Å². The van der Waals surface area contributed by atoms with E-state index in [9.17, 15) is 5.11 Å². The maximum absolute atomic E-state index is 9.91. The fraction of sp³-hybridized carbons (Fsp3) is 0.632. The molecule has 1 atom stereocenters. The van der Waals surface area contributed by atoms with Crippen LogP contribution in [0.1, 0.15) is 27.2 Å². The zero-order chi connectivity index (χ0) is 18.3. The lowest BCUT2D eigenvalue weighted by molar-refractivity contribution is 0.0301. The van der Waals surface area contributed by atoms with Crippen molar-refractivity contribution in [2.75, 3.05) is 39.5 Å². The molecule has 1 unspecified atom stereocenters. The Morgan fingerprint density at radius 2 is 1.88 bits per heavy atom. The molecule has 0 aliphatic rings. The van der Waals surface area contributed by atoms with Crippen molar-refractivity contribution in [2.24, 2.45) is 10.9 Å². The molecule has 26 heavy (non-hydrogen) atoms. The first-order valence-electron chi connectivity index (χ1n) is 9.07. The molecule has 1 rings (SSSR count). The Morgan fingerprint density at radius 1 is 1.15 bits per heavy atom. The molecule has 0 radical (unpaired) electrons. The van der Waals surface area contributed by atoms with Crippen molar-refractivity contribution in [1.29, 1.82) is 0 Å². The van der Waals surface area contributed by atoms with Crippen LogP contribution in [0.2, 0.25) is 0 Å². The van der Waals surface area contributed by atoms with Crippen LogP contribution in [0.3, 0.4) is 0 Å². The van der Waals surface area contributed by atoms with Gasteiger partial charge in [0.2, 0.25) is 0 Å². The number of hydrogen-bond donors (Lipinski definition) is 3. The van der Waals surface area contributed by atoms with Gasteiger partial charge in [0.15, 0.2) is 5.96 Å². The van der Waals surface area contributed by atoms with Gasteiger partial charge in [0, 0.05) is 19.7 Å². The Kier molecular flexibility index (Phi) is 15.5. The molecule has 7 heteroatoms. The number of aliphatic hydroxyl groups excluding tert-OH is 1. The lowest BCUT2D eigenvalue weighted by Crippen LogP contribution is -2.39. The maximum Gasteiger partial charge on any atom is 0.191 e. The summed E-state index contributed by atoms with van der Waals surface area (Å²) in [6, 6.07) is 9.78. The van der Waals surface area contributed by atoms with E-state index >= 15 is 0 Å². The second-order valence-electron chi connectivity index (χ2n) is 6.25. The Balaban J connectivity index is 0.00000625. The summed E-state index contributed by atoms with van der Waals surface area (Å²) in [5.41, 5.74) is 0. The zero-order valence-corrected chi connectivity index (χ0v) is 18.4. The van der Waals surface area contributed by atoms with Crippen molar-refractivity contribution in [3.05, 3.63) is 30.3 Å². The number of nitrogens with zero attached hydrogens (tertiary/aromatic N) is 1. The van der Waals surface area contributed by atoms with Crippen LogP contribution in [0.4, 0.5) is 0 Å². The van der Waals surface area contributed by atoms with E-state index in [-0.39, 0.29) is 24.0 Å². The van der Waals surface area contributed by atoms with E-state index < -0.39 is 6.10 Å². The molecule has 6 nitrogen and oxygen atoms in total. The predicted molar refractivity (Wildman–Crippen MR) is 118 cm³/mol. The van der Waals surface area contributed by atoms with Gasteiger partial charge < -0.3 is 25.2 Å². The normalized spacial score (nSPS) is 12.4. The Hall–Kier alpha value is -1.06. The second-order valence-corrected chi connectivity index (χ2v) is 6.25. The van der Waals surface area contributed by atoms with Gasteiger partial charge in [-0.2, -0.15) is 0 Å². The maximum atomic E-state index is 9.91. The number of aliphatic hydroxyl groups is 1. The molecule has 0 aliphatic carbocycles. The number of rotatable bonds is 12. The molecule has 3 N–H and O–H groups in total. The van der Waals surface area contributed by atoms with Crippen LogP contribution in [0.15, 0.2) is 35.3 Å². The van der Waals surface area contributed by atoms with E-state index in [1.165, 1.54) is 0 Å². The third-order valence-corrected chi connectivity index (χ3v) is 3.19. The van der Waals surface area contributed by atoms with Crippen LogP contribution in [0, 0.1) is 5.92 Å². The number of halogens is 1. The standard InChI is InChI=1S/C19H33N3O3.HI/c1-4-20-19(22-13-17(23)15-24-14-16(2)3)21-11-8-12-25-18-9-6-5-7-10-18;/h5-7,9-10,16-17,23H,4,8,11-15H2,1-3H3,(H2,20,21,22);1H. The lowest BCUT2D eigenvalue weighted by atomic mass is 10.2. The van der Waals surface area contributed by atoms with E-state index in [1.807, 2.05) is 37.3 Å². The minimum atomic E-state index is -0.587. The summed E-state index contributed by atoms with van der Waals surface area (Å²) in [6.45, 7) is 9.61. The molecule has 1 aromatic rings. The number of nitrogens with one attached hydrogen (secondary N) is 2. The highest BCUT2D eigenvalue weighted by atomic mass is 127. The summed E-state index contributed by atoms with van der Waals surface area (Å²) >= 11 is 0. The van der Waals surface area contributed by atoms with Gasteiger partial charge in [0.25, 0.3) is 0 Å². The number of ether oxygens (including phenoxy) is 2.